The maximum Gasteiger partial charge on any atom is 0.282 e. The Morgan fingerprint density at radius 2 is 2.26 bits per heavy atom. The second-order valence-electron chi connectivity index (χ2n) is 4.34. The van der Waals surface area contributed by atoms with Crippen LogP contribution in [0.5, 0.6) is 0 Å². The molecule has 0 aromatic heterocycles. The number of nitriles is 1. The zero-order valence-corrected chi connectivity index (χ0v) is 9.80. The number of hydrogen-bond acceptors (Lipinski definition) is 4. The van der Waals surface area contributed by atoms with E-state index in [9.17, 15) is 19.3 Å². The molecule has 1 saturated carbocycles. The van der Waals surface area contributed by atoms with Gasteiger partial charge in [-0.25, -0.2) is 4.39 Å². The first-order valence-electron chi connectivity index (χ1n) is 5.67. The van der Waals surface area contributed by atoms with Crippen molar-refractivity contribution in [3.05, 3.63) is 39.7 Å². The number of carbonyl (C=O) groups is 1. The SMILES string of the molecule is N#CC(NC(=O)c1cc(F)ccc1[N+](=O)[O-])C1CC1. The minimum Gasteiger partial charge on any atom is -0.336 e. The molecule has 98 valence electrons. The first kappa shape index (κ1) is 13.0. The predicted octanol–water partition coefficient (Wildman–Crippen LogP) is 1.77. The van der Waals surface area contributed by atoms with Gasteiger partial charge in [-0.3, -0.25) is 14.9 Å². The van der Waals surface area contributed by atoms with Gasteiger partial charge in [-0.1, -0.05) is 0 Å². The van der Waals surface area contributed by atoms with Crippen LogP contribution < -0.4 is 5.32 Å². The molecule has 6 nitrogen and oxygen atoms in total. The summed E-state index contributed by atoms with van der Waals surface area (Å²) in [5.41, 5.74) is -0.850. The van der Waals surface area contributed by atoms with Gasteiger partial charge >= 0.3 is 0 Å². The van der Waals surface area contributed by atoms with Crippen LogP contribution in [0.25, 0.3) is 0 Å². The Morgan fingerprint density at radius 3 is 2.79 bits per heavy atom. The summed E-state index contributed by atoms with van der Waals surface area (Å²) in [6, 6.07) is 3.90. The molecule has 0 saturated heterocycles. The monoisotopic (exact) mass is 263 g/mol. The minimum absolute atomic E-state index is 0.0848. The quantitative estimate of drug-likeness (QED) is 0.661. The summed E-state index contributed by atoms with van der Waals surface area (Å²) in [5.74, 6) is -1.46. The number of rotatable bonds is 4. The van der Waals surface area contributed by atoms with Crippen molar-refractivity contribution in [2.24, 2.45) is 5.92 Å². The molecule has 1 aromatic carbocycles. The number of nitro groups is 1. The van der Waals surface area contributed by atoms with Gasteiger partial charge in [-0.15, -0.1) is 0 Å². The van der Waals surface area contributed by atoms with Gasteiger partial charge in [0.05, 0.1) is 11.0 Å². The largest absolute Gasteiger partial charge is 0.336 e. The van der Waals surface area contributed by atoms with Crippen molar-refractivity contribution < 1.29 is 14.1 Å². The highest BCUT2D eigenvalue weighted by Gasteiger charge is 2.33. The van der Waals surface area contributed by atoms with E-state index < -0.39 is 28.4 Å². The third-order valence-electron chi connectivity index (χ3n) is 2.92. The van der Waals surface area contributed by atoms with Crippen LogP contribution in [0.1, 0.15) is 23.2 Å². The van der Waals surface area contributed by atoms with Crippen LogP contribution in [0.3, 0.4) is 0 Å². The number of nitrogens with zero attached hydrogens (tertiary/aromatic N) is 2. The normalized spacial score (nSPS) is 15.4. The zero-order valence-electron chi connectivity index (χ0n) is 9.80. The minimum atomic E-state index is -0.801. The standard InChI is InChI=1S/C12H10FN3O3/c13-8-3-4-11(16(18)19)9(5-8)12(17)15-10(6-14)7-1-2-7/h3-5,7,10H,1-2H2,(H,15,17). The molecule has 0 heterocycles. The van der Waals surface area contributed by atoms with Gasteiger partial charge in [0.2, 0.25) is 0 Å². The lowest BCUT2D eigenvalue weighted by molar-refractivity contribution is -0.385. The summed E-state index contributed by atoms with van der Waals surface area (Å²) in [7, 11) is 0. The second kappa shape index (κ2) is 5.02. The summed E-state index contributed by atoms with van der Waals surface area (Å²) in [5, 5.41) is 22.1. The lowest BCUT2D eigenvalue weighted by Gasteiger charge is -2.10. The van der Waals surface area contributed by atoms with Gasteiger partial charge in [0.1, 0.15) is 17.4 Å². The Morgan fingerprint density at radius 1 is 1.58 bits per heavy atom. The van der Waals surface area contributed by atoms with Crippen molar-refractivity contribution in [1.82, 2.24) is 5.32 Å². The fraction of sp³-hybridized carbons (Fsp3) is 0.333. The highest BCUT2D eigenvalue weighted by atomic mass is 19.1. The number of halogens is 1. The van der Waals surface area contributed by atoms with Crippen LogP contribution in [-0.2, 0) is 0 Å². The van der Waals surface area contributed by atoms with Crippen LogP contribution in [-0.4, -0.2) is 16.9 Å². The number of hydrogen-bond donors (Lipinski definition) is 1. The maximum absolute atomic E-state index is 13.1. The van der Waals surface area contributed by atoms with E-state index in [-0.39, 0.29) is 11.5 Å². The van der Waals surface area contributed by atoms with Gasteiger partial charge < -0.3 is 5.32 Å². The molecule has 19 heavy (non-hydrogen) atoms. The third-order valence-corrected chi connectivity index (χ3v) is 2.92. The Balaban J connectivity index is 2.25. The molecule has 1 atom stereocenters. The molecule has 1 amide bonds. The molecular weight excluding hydrogens is 253 g/mol. The second-order valence-corrected chi connectivity index (χ2v) is 4.34. The first-order valence-corrected chi connectivity index (χ1v) is 5.67. The van der Waals surface area contributed by atoms with E-state index in [4.69, 9.17) is 5.26 Å². The van der Waals surface area contributed by atoms with Crippen LogP contribution in [0.2, 0.25) is 0 Å². The number of nitro benzene ring substituents is 1. The lowest BCUT2D eigenvalue weighted by atomic mass is 10.1. The zero-order chi connectivity index (χ0) is 14.0. The molecule has 0 aliphatic heterocycles. The van der Waals surface area contributed by atoms with Gasteiger partial charge in [-0.05, 0) is 30.9 Å². The molecular formula is C12H10FN3O3. The summed E-state index contributed by atoms with van der Waals surface area (Å²) >= 11 is 0. The Labute approximate surface area is 108 Å². The maximum atomic E-state index is 13.1. The molecule has 1 fully saturated rings. The van der Waals surface area contributed by atoms with Crippen molar-refractivity contribution in [2.45, 2.75) is 18.9 Å². The van der Waals surface area contributed by atoms with E-state index in [1.54, 1.807) is 0 Å². The summed E-state index contributed by atoms with van der Waals surface area (Å²) in [4.78, 5) is 21.9. The fourth-order valence-electron chi connectivity index (χ4n) is 1.75. The van der Waals surface area contributed by atoms with E-state index in [1.807, 2.05) is 6.07 Å². The van der Waals surface area contributed by atoms with Gasteiger partial charge in [-0.2, -0.15) is 5.26 Å². The predicted molar refractivity (Wildman–Crippen MR) is 62.6 cm³/mol. The van der Waals surface area contributed by atoms with Crippen molar-refractivity contribution in [1.29, 1.82) is 5.26 Å². The van der Waals surface area contributed by atoms with E-state index in [0.29, 0.717) is 0 Å². The Kier molecular flexibility index (Phi) is 3.42. The number of amides is 1. The molecule has 1 unspecified atom stereocenters. The Bertz CT molecular complexity index is 578. The molecule has 0 spiro atoms. The number of nitrogens with one attached hydrogen (secondary N) is 1. The van der Waals surface area contributed by atoms with Crippen molar-refractivity contribution in [3.8, 4) is 6.07 Å². The van der Waals surface area contributed by atoms with Gasteiger partial charge in [0.15, 0.2) is 0 Å². The van der Waals surface area contributed by atoms with Crippen LogP contribution >= 0.6 is 0 Å². The average Bonchev–Trinajstić information content (AvgIpc) is 3.19. The van der Waals surface area contributed by atoms with E-state index in [2.05, 4.69) is 5.32 Å². The molecule has 1 aromatic rings. The van der Waals surface area contributed by atoms with Crippen LogP contribution in [0.15, 0.2) is 18.2 Å². The Hall–Kier alpha value is -2.49. The summed E-state index contributed by atoms with van der Waals surface area (Å²) < 4.78 is 13.1. The van der Waals surface area contributed by atoms with E-state index in [1.165, 1.54) is 0 Å². The first-order chi connectivity index (χ1) is 9.02. The summed E-state index contributed by atoms with van der Waals surface area (Å²) in [6.07, 6.45) is 1.67. The fourth-order valence-corrected chi connectivity index (χ4v) is 1.75. The molecule has 1 N–H and O–H groups in total. The van der Waals surface area contributed by atoms with Crippen molar-refractivity contribution in [2.75, 3.05) is 0 Å². The molecule has 1 aliphatic carbocycles. The molecule has 1 aliphatic rings. The van der Waals surface area contributed by atoms with Crippen molar-refractivity contribution in [3.63, 3.8) is 0 Å². The van der Waals surface area contributed by atoms with Crippen LogP contribution in [0, 0.1) is 33.2 Å². The average molecular weight is 263 g/mol. The number of carbonyl (C=O) groups excluding carboxylic acids is 1. The van der Waals surface area contributed by atoms with E-state index >= 15 is 0 Å². The van der Waals surface area contributed by atoms with E-state index in [0.717, 1.165) is 31.0 Å². The van der Waals surface area contributed by atoms with Gasteiger partial charge in [0, 0.05) is 6.07 Å². The topological polar surface area (TPSA) is 96.0 Å². The molecule has 0 bridgehead atoms. The number of benzene rings is 1. The lowest BCUT2D eigenvalue weighted by Crippen LogP contribution is -2.35. The molecule has 2 rings (SSSR count). The smallest absolute Gasteiger partial charge is 0.282 e. The highest BCUT2D eigenvalue weighted by molar-refractivity contribution is 5.98. The molecule has 7 heteroatoms. The van der Waals surface area contributed by atoms with Crippen LogP contribution in [0.4, 0.5) is 10.1 Å². The molecule has 0 radical (unpaired) electrons. The summed E-state index contributed by atoms with van der Waals surface area (Å²) in [6.45, 7) is 0. The third kappa shape index (κ3) is 2.85. The van der Waals surface area contributed by atoms with Crippen molar-refractivity contribution >= 4 is 11.6 Å². The van der Waals surface area contributed by atoms with Gasteiger partial charge in [0.25, 0.3) is 11.6 Å². The highest BCUT2D eigenvalue weighted by Crippen LogP contribution is 2.32.